The molecule has 1 rings (SSSR count). The fourth-order valence-corrected chi connectivity index (χ4v) is 1.66. The van der Waals surface area contributed by atoms with Crippen LogP contribution in [0.5, 0.6) is 0 Å². The Balaban J connectivity index is 2.09. The summed E-state index contributed by atoms with van der Waals surface area (Å²) in [6.45, 7) is 2.55. The molecule has 0 bridgehead atoms. The average Bonchev–Trinajstić information content (AvgIpc) is 2.48. The third-order valence-electron chi connectivity index (χ3n) is 2.50. The summed E-state index contributed by atoms with van der Waals surface area (Å²) < 4.78 is 21.1. The van der Waals surface area contributed by atoms with Crippen LogP contribution >= 0.6 is 15.9 Å². The zero-order chi connectivity index (χ0) is 15.5. The van der Waals surface area contributed by atoms with Gasteiger partial charge in [-0.2, -0.15) is 0 Å². The van der Waals surface area contributed by atoms with E-state index in [0.29, 0.717) is 44.3 Å². The lowest BCUT2D eigenvalue weighted by atomic mass is 10.2. The summed E-state index contributed by atoms with van der Waals surface area (Å²) in [7, 11) is 1.62. The van der Waals surface area contributed by atoms with E-state index in [0.717, 1.165) is 4.47 Å². The first kappa shape index (κ1) is 17.9. The van der Waals surface area contributed by atoms with Gasteiger partial charge in [0.15, 0.2) is 0 Å². The molecular formula is C14H20BrNO5. The molecule has 118 valence electrons. The Morgan fingerprint density at radius 1 is 1.10 bits per heavy atom. The highest BCUT2D eigenvalue weighted by atomic mass is 79.9. The molecular weight excluding hydrogens is 342 g/mol. The van der Waals surface area contributed by atoms with E-state index in [1.54, 1.807) is 25.3 Å². The Bertz CT molecular complexity index is 441. The summed E-state index contributed by atoms with van der Waals surface area (Å²) in [4.78, 5) is 11.7. The molecule has 1 aromatic rings. The molecule has 7 heteroatoms. The summed E-state index contributed by atoms with van der Waals surface area (Å²) in [6.07, 6.45) is 0. The number of hydrogen-bond acceptors (Lipinski definition) is 6. The van der Waals surface area contributed by atoms with Crippen LogP contribution in [0.3, 0.4) is 0 Å². The molecule has 0 unspecified atom stereocenters. The fourth-order valence-electron chi connectivity index (χ4n) is 1.41. The number of anilines is 1. The molecule has 0 spiro atoms. The summed E-state index contributed by atoms with van der Waals surface area (Å²) in [5.41, 5.74) is 6.61. The van der Waals surface area contributed by atoms with E-state index >= 15 is 0 Å². The third-order valence-corrected chi connectivity index (χ3v) is 3.22. The topological polar surface area (TPSA) is 80.0 Å². The molecule has 0 aliphatic rings. The van der Waals surface area contributed by atoms with Crippen molar-refractivity contribution in [3.05, 3.63) is 28.2 Å². The average molecular weight is 362 g/mol. The lowest BCUT2D eigenvalue weighted by Crippen LogP contribution is -2.14. The highest BCUT2D eigenvalue weighted by molar-refractivity contribution is 9.10. The smallest absolute Gasteiger partial charge is 0.338 e. The third kappa shape index (κ3) is 7.42. The van der Waals surface area contributed by atoms with Gasteiger partial charge in [0.25, 0.3) is 0 Å². The van der Waals surface area contributed by atoms with Crippen molar-refractivity contribution in [1.29, 1.82) is 0 Å². The first-order chi connectivity index (χ1) is 10.1. The number of rotatable bonds is 10. The largest absolute Gasteiger partial charge is 0.460 e. The van der Waals surface area contributed by atoms with Crippen LogP contribution in [0.1, 0.15) is 10.4 Å². The van der Waals surface area contributed by atoms with Crippen LogP contribution in [-0.4, -0.2) is 52.7 Å². The molecule has 0 atom stereocenters. The zero-order valence-corrected chi connectivity index (χ0v) is 13.6. The molecule has 0 saturated heterocycles. The normalized spacial score (nSPS) is 10.6. The summed E-state index contributed by atoms with van der Waals surface area (Å²) in [5.74, 6) is -0.422. The first-order valence-corrected chi connectivity index (χ1v) is 7.31. The van der Waals surface area contributed by atoms with Gasteiger partial charge in [0.05, 0.1) is 38.6 Å². The highest BCUT2D eigenvalue weighted by Gasteiger charge is 2.08. The van der Waals surface area contributed by atoms with Crippen molar-refractivity contribution < 1.29 is 23.7 Å². The number of methoxy groups -OCH3 is 1. The Morgan fingerprint density at radius 2 is 1.71 bits per heavy atom. The van der Waals surface area contributed by atoms with Gasteiger partial charge in [-0.1, -0.05) is 0 Å². The summed E-state index contributed by atoms with van der Waals surface area (Å²) in [6, 6.07) is 4.92. The van der Waals surface area contributed by atoms with Crippen LogP contribution < -0.4 is 5.73 Å². The van der Waals surface area contributed by atoms with Gasteiger partial charge in [-0.3, -0.25) is 0 Å². The Labute approximate surface area is 132 Å². The monoisotopic (exact) mass is 361 g/mol. The van der Waals surface area contributed by atoms with Crippen molar-refractivity contribution in [3.8, 4) is 0 Å². The van der Waals surface area contributed by atoms with Gasteiger partial charge < -0.3 is 24.7 Å². The molecule has 0 heterocycles. The lowest BCUT2D eigenvalue weighted by Gasteiger charge is -2.07. The van der Waals surface area contributed by atoms with E-state index in [2.05, 4.69) is 15.9 Å². The maximum absolute atomic E-state index is 11.7. The lowest BCUT2D eigenvalue weighted by molar-refractivity contribution is 0.00570. The van der Waals surface area contributed by atoms with Gasteiger partial charge in [-0.25, -0.2) is 4.79 Å². The zero-order valence-electron chi connectivity index (χ0n) is 12.0. The molecule has 21 heavy (non-hydrogen) atoms. The van der Waals surface area contributed by atoms with Crippen molar-refractivity contribution in [3.63, 3.8) is 0 Å². The molecule has 0 saturated carbocycles. The number of halogens is 1. The Morgan fingerprint density at radius 3 is 2.33 bits per heavy atom. The van der Waals surface area contributed by atoms with Crippen LogP contribution in [0, 0.1) is 0 Å². The van der Waals surface area contributed by atoms with Crippen LogP contribution in [-0.2, 0) is 18.9 Å². The number of esters is 1. The molecule has 0 aromatic heterocycles. The fraction of sp³-hybridized carbons (Fsp3) is 0.500. The van der Waals surface area contributed by atoms with E-state index in [9.17, 15) is 4.79 Å². The summed E-state index contributed by atoms with van der Waals surface area (Å²) in [5, 5.41) is 0. The van der Waals surface area contributed by atoms with Gasteiger partial charge in [-0.05, 0) is 34.1 Å². The van der Waals surface area contributed by atoms with Crippen LogP contribution in [0.25, 0.3) is 0 Å². The molecule has 0 aliphatic heterocycles. The first-order valence-electron chi connectivity index (χ1n) is 6.51. The van der Waals surface area contributed by atoms with Crippen molar-refractivity contribution >= 4 is 27.6 Å². The number of nitrogens with two attached hydrogens (primary N) is 1. The van der Waals surface area contributed by atoms with Crippen molar-refractivity contribution in [1.82, 2.24) is 0 Å². The number of hydrogen-bond donors (Lipinski definition) is 1. The molecule has 0 aliphatic carbocycles. The number of benzene rings is 1. The second kappa shape index (κ2) is 10.6. The maximum Gasteiger partial charge on any atom is 0.338 e. The van der Waals surface area contributed by atoms with Crippen LogP contribution in [0.4, 0.5) is 5.69 Å². The van der Waals surface area contributed by atoms with Crippen molar-refractivity contribution in [2.24, 2.45) is 0 Å². The standard InChI is InChI=1S/C14H20BrNO5/c1-18-4-5-19-6-7-20-8-9-21-14(17)11-2-3-12(15)13(16)10-11/h2-3,10H,4-9,16H2,1H3. The highest BCUT2D eigenvalue weighted by Crippen LogP contribution is 2.20. The predicted molar refractivity (Wildman–Crippen MR) is 82.4 cm³/mol. The number of carbonyl (C=O) groups excluding carboxylic acids is 1. The number of carbonyl (C=O) groups is 1. The van der Waals surface area contributed by atoms with Gasteiger partial charge in [0.1, 0.15) is 6.61 Å². The van der Waals surface area contributed by atoms with Gasteiger partial charge in [0.2, 0.25) is 0 Å². The SMILES string of the molecule is COCCOCCOCCOC(=O)c1ccc(Br)c(N)c1. The van der Waals surface area contributed by atoms with Crippen molar-refractivity contribution in [2.45, 2.75) is 0 Å². The molecule has 6 nitrogen and oxygen atoms in total. The molecule has 0 fully saturated rings. The molecule has 1 aromatic carbocycles. The molecule has 0 radical (unpaired) electrons. The summed E-state index contributed by atoms with van der Waals surface area (Å²) >= 11 is 3.27. The van der Waals surface area contributed by atoms with E-state index in [-0.39, 0.29) is 6.61 Å². The second-order valence-corrected chi connectivity index (χ2v) is 4.94. The predicted octanol–water partition coefficient (Wildman–Crippen LogP) is 1.87. The van der Waals surface area contributed by atoms with E-state index in [1.807, 2.05) is 0 Å². The van der Waals surface area contributed by atoms with Crippen LogP contribution in [0.15, 0.2) is 22.7 Å². The minimum Gasteiger partial charge on any atom is -0.460 e. The van der Waals surface area contributed by atoms with Gasteiger partial charge in [0, 0.05) is 17.3 Å². The maximum atomic E-state index is 11.7. The van der Waals surface area contributed by atoms with E-state index < -0.39 is 5.97 Å². The number of nitrogen functional groups attached to an aromatic ring is 1. The Kier molecular flexibility index (Phi) is 9.00. The molecule has 0 amide bonds. The Hall–Kier alpha value is -1.15. The minimum atomic E-state index is -0.422. The van der Waals surface area contributed by atoms with Gasteiger partial charge >= 0.3 is 5.97 Å². The van der Waals surface area contributed by atoms with E-state index in [4.69, 9.17) is 24.7 Å². The quantitative estimate of drug-likeness (QED) is 0.389. The minimum absolute atomic E-state index is 0.187. The molecule has 2 N–H and O–H groups in total. The van der Waals surface area contributed by atoms with Gasteiger partial charge in [-0.15, -0.1) is 0 Å². The van der Waals surface area contributed by atoms with Crippen molar-refractivity contribution in [2.75, 3.05) is 52.5 Å². The number of ether oxygens (including phenoxy) is 4. The second-order valence-electron chi connectivity index (χ2n) is 4.09. The van der Waals surface area contributed by atoms with Crippen LogP contribution in [0.2, 0.25) is 0 Å². The van der Waals surface area contributed by atoms with E-state index in [1.165, 1.54) is 0 Å².